The molecule has 0 aromatic rings. The fraction of sp³-hybridized carbons (Fsp3) is 0. The Morgan fingerprint density at radius 1 is 0.429 bits per heavy atom. The molecule has 0 fully saturated rings. The average molecular weight is 193 g/mol. The predicted octanol–water partition coefficient (Wildman–Crippen LogP) is -13.6. The van der Waals surface area contributed by atoms with Crippen LogP contribution in [0.4, 0.5) is 0 Å². The van der Waals surface area contributed by atoms with Crippen LogP contribution in [-0.4, -0.2) is 0 Å². The normalized spacial score (nSPS) is 0. The Labute approximate surface area is 175 Å². The zero-order valence-electron chi connectivity index (χ0n) is 10.8. The standard InChI is InChI=1S/2ClH.5Na.5H/h2*1H;;;;;;;;;;/q;;5*+1;5*-1. The fourth-order valence-electron chi connectivity index (χ4n) is 0. The molecule has 0 aromatic carbocycles. The van der Waals surface area contributed by atoms with E-state index in [2.05, 4.69) is 0 Å². The summed E-state index contributed by atoms with van der Waals surface area (Å²) in [7, 11) is 0. The van der Waals surface area contributed by atoms with Gasteiger partial charge in [-0.15, -0.1) is 24.8 Å². The molecule has 0 heterocycles. The molecule has 0 aromatic heterocycles. The van der Waals surface area contributed by atoms with E-state index >= 15 is 0 Å². The third-order valence-electron chi connectivity index (χ3n) is 0. The van der Waals surface area contributed by atoms with E-state index in [0.717, 1.165) is 0 Å². The van der Waals surface area contributed by atoms with Crippen LogP contribution in [0, 0.1) is 0 Å². The Morgan fingerprint density at radius 2 is 0.429 bits per heavy atom. The van der Waals surface area contributed by atoms with Crippen LogP contribution in [0.15, 0.2) is 0 Å². The quantitative estimate of drug-likeness (QED) is 0.335. The van der Waals surface area contributed by atoms with Crippen molar-refractivity contribution in [2.75, 3.05) is 0 Å². The Balaban J connectivity index is 0. The Morgan fingerprint density at radius 3 is 0.429 bits per heavy atom. The summed E-state index contributed by atoms with van der Waals surface area (Å²) in [5.41, 5.74) is 0. The van der Waals surface area contributed by atoms with Gasteiger partial charge < -0.3 is 7.13 Å². The van der Waals surface area contributed by atoms with Gasteiger partial charge in [-0.05, 0) is 0 Å². The van der Waals surface area contributed by atoms with Crippen LogP contribution in [0.3, 0.4) is 0 Å². The van der Waals surface area contributed by atoms with Crippen LogP contribution in [0.25, 0.3) is 0 Å². The van der Waals surface area contributed by atoms with Crippen LogP contribution >= 0.6 is 24.8 Å². The molecule has 0 atom stereocenters. The van der Waals surface area contributed by atoms with Gasteiger partial charge in [0.1, 0.15) is 0 Å². The monoisotopic (exact) mass is 192 g/mol. The third-order valence-corrected chi connectivity index (χ3v) is 0. The minimum Gasteiger partial charge on any atom is -1.00 e. The number of hydrogen-bond acceptors (Lipinski definition) is 0. The average Bonchev–Trinajstić information content (AvgIpc) is 0. The van der Waals surface area contributed by atoms with Crippen molar-refractivity contribution in [3.8, 4) is 0 Å². The predicted molar refractivity (Wildman–Crippen MR) is 20.1 cm³/mol. The zero-order chi connectivity index (χ0) is 0. The summed E-state index contributed by atoms with van der Waals surface area (Å²) in [5, 5.41) is 0. The smallest absolute Gasteiger partial charge is 1.00 e. The molecule has 0 amide bonds. The van der Waals surface area contributed by atoms with Gasteiger partial charge in [-0.25, -0.2) is 0 Å². The molecular weight excluding hydrogens is 186 g/mol. The first-order chi connectivity index (χ1) is 0. The van der Waals surface area contributed by atoms with Crippen molar-refractivity contribution >= 4 is 24.8 Å². The SMILES string of the molecule is Cl.Cl.[H-].[H-].[H-].[H-].[H-].[Na+].[Na+].[Na+].[Na+].[Na+]. The molecule has 0 rings (SSSR count). The zero-order valence-corrected chi connectivity index (χ0v) is 17.4. The van der Waals surface area contributed by atoms with Gasteiger partial charge in [0.15, 0.2) is 0 Å². The van der Waals surface area contributed by atoms with Crippen LogP contribution in [-0.2, 0) is 0 Å². The second-order valence-electron chi connectivity index (χ2n) is 0. The maximum Gasteiger partial charge on any atom is 1.00 e. The molecule has 0 aliphatic heterocycles. The van der Waals surface area contributed by atoms with Gasteiger partial charge in [0.05, 0.1) is 0 Å². The van der Waals surface area contributed by atoms with Gasteiger partial charge in [0.2, 0.25) is 0 Å². The van der Waals surface area contributed by atoms with Crippen LogP contribution in [0.5, 0.6) is 0 Å². The molecule has 0 bridgehead atoms. The number of halogens is 2. The molecule has 0 N–H and O–H groups in total. The molecular formula is H7Cl2Na5. The second-order valence-corrected chi connectivity index (χ2v) is 0. The fourth-order valence-corrected chi connectivity index (χ4v) is 0. The molecule has 0 aliphatic carbocycles. The Kier molecular flexibility index (Phi) is 322. The van der Waals surface area contributed by atoms with Gasteiger partial charge >= 0.3 is 148 Å². The van der Waals surface area contributed by atoms with Gasteiger partial charge in [-0.3, -0.25) is 0 Å². The van der Waals surface area contributed by atoms with Crippen molar-refractivity contribution in [3.05, 3.63) is 0 Å². The molecule has 7 heavy (non-hydrogen) atoms. The molecule has 0 spiro atoms. The number of rotatable bonds is 0. The van der Waals surface area contributed by atoms with E-state index in [0.29, 0.717) is 0 Å². The van der Waals surface area contributed by atoms with Gasteiger partial charge in [0.25, 0.3) is 0 Å². The number of hydrogen-bond donors (Lipinski definition) is 0. The van der Waals surface area contributed by atoms with E-state index in [1.165, 1.54) is 0 Å². The minimum atomic E-state index is 0. The van der Waals surface area contributed by atoms with Crippen LogP contribution in [0.2, 0.25) is 0 Å². The Bertz CT molecular complexity index is 17.8. The summed E-state index contributed by atoms with van der Waals surface area (Å²) in [6.45, 7) is 0. The van der Waals surface area contributed by atoms with Gasteiger partial charge in [-0.2, -0.15) is 0 Å². The molecule has 0 radical (unpaired) electrons. The first-order valence-electron chi connectivity index (χ1n) is 0. The largest absolute Gasteiger partial charge is 1.00 e. The maximum absolute atomic E-state index is 0. The summed E-state index contributed by atoms with van der Waals surface area (Å²) in [4.78, 5) is 0. The van der Waals surface area contributed by atoms with E-state index < -0.39 is 0 Å². The molecule has 7 heteroatoms. The van der Waals surface area contributed by atoms with Gasteiger partial charge in [-0.1, -0.05) is 0 Å². The third kappa shape index (κ3) is 34.1. The first-order valence-corrected chi connectivity index (χ1v) is 0. The summed E-state index contributed by atoms with van der Waals surface area (Å²) in [6.07, 6.45) is 0. The molecule has 0 saturated carbocycles. The van der Waals surface area contributed by atoms with E-state index in [9.17, 15) is 0 Å². The van der Waals surface area contributed by atoms with Crippen molar-refractivity contribution < 1.29 is 155 Å². The molecule has 0 unspecified atom stereocenters. The van der Waals surface area contributed by atoms with E-state index in [1.54, 1.807) is 0 Å². The van der Waals surface area contributed by atoms with Crippen molar-refractivity contribution in [2.24, 2.45) is 0 Å². The van der Waals surface area contributed by atoms with Crippen molar-refractivity contribution in [3.63, 3.8) is 0 Å². The van der Waals surface area contributed by atoms with Crippen LogP contribution in [0.1, 0.15) is 7.13 Å². The molecule has 0 nitrogen and oxygen atoms in total. The summed E-state index contributed by atoms with van der Waals surface area (Å²) < 4.78 is 0. The van der Waals surface area contributed by atoms with E-state index in [4.69, 9.17) is 0 Å². The first kappa shape index (κ1) is 54.2. The molecule has 26 valence electrons. The minimum absolute atomic E-state index is 0. The Hall–Kier alpha value is 5.58. The summed E-state index contributed by atoms with van der Waals surface area (Å²) in [6, 6.07) is 0. The molecule has 0 aliphatic rings. The summed E-state index contributed by atoms with van der Waals surface area (Å²) in [5.74, 6) is 0. The topological polar surface area (TPSA) is 0 Å². The maximum atomic E-state index is 0. The summed E-state index contributed by atoms with van der Waals surface area (Å²) >= 11 is 0. The van der Waals surface area contributed by atoms with Crippen molar-refractivity contribution in [2.45, 2.75) is 0 Å². The second kappa shape index (κ2) is 41.6. The van der Waals surface area contributed by atoms with Gasteiger partial charge in [0, 0.05) is 0 Å². The van der Waals surface area contributed by atoms with E-state index in [-0.39, 0.29) is 180 Å². The van der Waals surface area contributed by atoms with Crippen LogP contribution < -0.4 is 148 Å². The molecule has 0 saturated heterocycles. The van der Waals surface area contributed by atoms with E-state index in [1.807, 2.05) is 0 Å². The van der Waals surface area contributed by atoms with Crippen molar-refractivity contribution in [1.82, 2.24) is 0 Å². The van der Waals surface area contributed by atoms with Crippen molar-refractivity contribution in [1.29, 1.82) is 0 Å².